The quantitative estimate of drug-likeness (QED) is 0.108. The van der Waals surface area contributed by atoms with E-state index < -0.39 is 23.8 Å². The van der Waals surface area contributed by atoms with Crippen molar-refractivity contribution >= 4 is 139 Å². The molecule has 8 unspecified atom stereocenters. The molecule has 10 rings (SSSR count). The summed E-state index contributed by atoms with van der Waals surface area (Å²) in [5.41, 5.74) is 7.39. The number of hydrogen-bond acceptors (Lipinski definition) is 6. The van der Waals surface area contributed by atoms with Crippen LogP contribution in [0.5, 0.6) is 0 Å². The molecule has 0 radical (unpaired) electrons. The SMILES string of the molecule is C=C1/C(=C\C=C2/CCC[C@@]3(C)C2CCC32O[C@H]2C)CC(C)CC1O[Si](C)(C)C(C)(C)C.C=C1/C(=C\CP(=O)(c2ccccc2)c2ccccc2)CC(C)CC1O[Si](C)(C)C(C)(C)C.C[C@@H]1OC12CCC1C(=O)CCC[C@@]12C.I.II.I[I-]I. The van der Waals surface area contributed by atoms with E-state index in [9.17, 15) is 9.36 Å². The van der Waals surface area contributed by atoms with E-state index in [1.807, 2.05) is 60.7 Å². The van der Waals surface area contributed by atoms with E-state index in [1.54, 1.807) is 5.57 Å². The number of carbonyl (C=O) groups is 1. The van der Waals surface area contributed by atoms with Gasteiger partial charge in [-0.15, -0.1) is 24.0 Å². The molecule has 2 spiro atoms. The molecule has 0 amide bonds. The number of Topliss-reactive ketones (excluding diaryl/α,β-unsaturated/α-hetero) is 1. The van der Waals surface area contributed by atoms with Gasteiger partial charge in [0.2, 0.25) is 0 Å². The molecule has 8 fully saturated rings. The van der Waals surface area contributed by atoms with Crippen molar-refractivity contribution in [1.82, 2.24) is 0 Å². The molecule has 0 aromatic heterocycles. The number of halogens is 6. The summed E-state index contributed by atoms with van der Waals surface area (Å²) in [6.07, 6.45) is 24.6. The van der Waals surface area contributed by atoms with Crippen molar-refractivity contribution in [3.05, 3.63) is 120 Å². The summed E-state index contributed by atoms with van der Waals surface area (Å²) in [6.45, 7) is 46.1. The van der Waals surface area contributed by atoms with Gasteiger partial charge in [0.25, 0.3) is 0 Å². The summed E-state index contributed by atoms with van der Waals surface area (Å²) >= 11 is 9.54. The second-order valence-corrected chi connectivity index (χ2v) is 57.8. The number of ether oxygens (including phenoxy) is 2. The minimum absolute atomic E-state index is 0. The van der Waals surface area contributed by atoms with Gasteiger partial charge >= 0.3 is 50.5 Å². The monoisotopic (exact) mass is 1870 g/mol. The van der Waals surface area contributed by atoms with Crippen LogP contribution in [-0.2, 0) is 27.7 Å². The fourth-order valence-electron chi connectivity index (χ4n) is 15.0. The molecule has 12 atom stereocenters. The normalized spacial score (nSPS) is 34.5. The fourth-order valence-corrected chi connectivity index (χ4v) is 20.1. The number of epoxide rings is 2. The van der Waals surface area contributed by atoms with Gasteiger partial charge < -0.3 is 22.9 Å². The van der Waals surface area contributed by atoms with Crippen molar-refractivity contribution < 1.29 is 40.9 Å². The van der Waals surface area contributed by atoms with E-state index in [4.69, 9.17) is 18.3 Å². The maximum atomic E-state index is 14.4. The summed E-state index contributed by atoms with van der Waals surface area (Å²) in [4.78, 5) is 11.8. The Morgan fingerprint density at radius 1 is 0.663 bits per heavy atom. The van der Waals surface area contributed by atoms with Gasteiger partial charge in [0.15, 0.2) is 16.6 Å². The third-order valence-electron chi connectivity index (χ3n) is 22.1. The molecule has 0 N–H and O–H groups in total. The van der Waals surface area contributed by atoms with E-state index in [0.29, 0.717) is 66.5 Å². The zero-order valence-corrected chi connectivity index (χ0v) is 69.4. The van der Waals surface area contributed by atoms with Crippen molar-refractivity contribution in [2.45, 2.75) is 245 Å². The first kappa shape index (κ1) is 75.4. The molecule has 2 aromatic rings. The third-order valence-corrected chi connectivity index (χ3v) is 34.0. The van der Waals surface area contributed by atoms with Gasteiger partial charge in [-0.2, -0.15) is 0 Å². The number of benzene rings is 2. The van der Waals surface area contributed by atoms with Crippen molar-refractivity contribution in [2.75, 3.05) is 6.16 Å². The zero-order chi connectivity index (χ0) is 61.1. The Morgan fingerprint density at radius 3 is 1.47 bits per heavy atom. The van der Waals surface area contributed by atoms with Gasteiger partial charge in [-0.3, -0.25) is 4.79 Å². The van der Waals surface area contributed by atoms with Crippen LogP contribution in [0.3, 0.4) is 0 Å². The molecule has 2 saturated heterocycles. The summed E-state index contributed by atoms with van der Waals surface area (Å²) < 4.78 is 40.1. The molecular formula is C68H104I6O6PSi2-. The fraction of sp³-hybridized carbons (Fsp3) is 0.662. The van der Waals surface area contributed by atoms with Crippen molar-refractivity contribution in [2.24, 2.45) is 34.5 Å². The predicted molar refractivity (Wildman–Crippen MR) is 401 cm³/mol. The summed E-state index contributed by atoms with van der Waals surface area (Å²) in [5.74, 6) is 2.67. The predicted octanol–water partition coefficient (Wildman–Crippen LogP) is 18.8. The van der Waals surface area contributed by atoms with Gasteiger partial charge in [0.1, 0.15) is 24.1 Å². The summed E-state index contributed by atoms with van der Waals surface area (Å²) in [5, 5.41) is 2.21. The Bertz CT molecular complexity index is 2640. The first-order chi connectivity index (χ1) is 38.3. The van der Waals surface area contributed by atoms with Gasteiger partial charge in [-0.25, -0.2) is 0 Å². The molecule has 6 aliphatic carbocycles. The van der Waals surface area contributed by atoms with Crippen LogP contribution in [-0.4, -0.2) is 64.2 Å². The van der Waals surface area contributed by atoms with Crippen LogP contribution in [0, 0.1) is 34.5 Å². The number of carbonyl (C=O) groups excluding carboxylic acids is 1. The molecule has 2 aliphatic heterocycles. The molecule has 2 aromatic carbocycles. The molecule has 468 valence electrons. The van der Waals surface area contributed by atoms with Crippen LogP contribution in [0.25, 0.3) is 0 Å². The second kappa shape index (κ2) is 30.6. The average Bonchev–Trinajstić information content (AvgIpc) is 1.78. The molecule has 0 bridgehead atoms. The van der Waals surface area contributed by atoms with Crippen LogP contribution in [0.2, 0.25) is 36.3 Å². The number of hydrogen-bond donors (Lipinski definition) is 0. The van der Waals surface area contributed by atoms with E-state index in [0.717, 1.165) is 67.5 Å². The Hall–Kier alpha value is 1.69. The van der Waals surface area contributed by atoms with Crippen LogP contribution >= 0.6 is 106 Å². The topological polar surface area (TPSA) is 77.7 Å². The Labute approximate surface area is 577 Å². The van der Waals surface area contributed by atoms with Crippen LogP contribution < -0.4 is 23.9 Å². The van der Waals surface area contributed by atoms with Gasteiger partial charge in [-0.1, -0.05) is 167 Å². The van der Waals surface area contributed by atoms with Gasteiger partial charge in [-0.05, 0) is 174 Å². The molecule has 6 saturated carbocycles. The van der Waals surface area contributed by atoms with Crippen molar-refractivity contribution in [3.63, 3.8) is 0 Å². The van der Waals surface area contributed by atoms with Crippen molar-refractivity contribution in [1.29, 1.82) is 0 Å². The molecule has 15 heteroatoms. The number of fused-ring (bicyclic) bond motifs is 4. The average molecular weight is 1870 g/mol. The number of allylic oxidation sites excluding steroid dienone is 4. The van der Waals surface area contributed by atoms with Crippen molar-refractivity contribution in [3.8, 4) is 0 Å². The van der Waals surface area contributed by atoms with Crippen LogP contribution in [0.15, 0.2) is 120 Å². The number of ketones is 1. The first-order valence-corrected chi connectivity index (χ1v) is 57.3. The molecule has 83 heavy (non-hydrogen) atoms. The molecule has 6 nitrogen and oxygen atoms in total. The van der Waals surface area contributed by atoms with E-state index in [-0.39, 0.29) is 62.9 Å². The summed E-state index contributed by atoms with van der Waals surface area (Å²) in [6, 6.07) is 19.8. The Morgan fingerprint density at radius 2 is 1.05 bits per heavy atom. The standard InChI is InChI=1S/C28H39O2PSi.C28H46O2Si.C12H18O2.I3.I2.HI/c1-22-20-24(23(2)27(21-22)30-32(6,7)28(3,4)5)18-19-31(29,25-14-10-8-11-15-25)26-16-12-9-13-17-26;1-19-17-23(20(2)25(18-19)30-31(8,9)26(4,5)6)13-12-22-11-10-15-27(7)24(22)14-16-28(27)21(3)29-28;1-8-12(14-8)7-5-9-10(13)4-3-6-11(9,12)2;1-3-2;1-2;/h8-18,22,27H,2,19-21H2,1,3-7H3;12-13,19,21,24-25H,2,10-11,14-18H2,1,3-9H3;8-9H,3-7H2,1-2H3;;;1H/q;;;-1;;/b24-18-;22-12+,23-13-;;;;/t;19?,21-,24?,25?,27-,28?;8-,9?,11-,12?;;;/m.00.../s1. The van der Waals surface area contributed by atoms with Crippen LogP contribution in [0.1, 0.15) is 173 Å². The van der Waals surface area contributed by atoms with Gasteiger partial charge in [0.05, 0.1) is 24.4 Å². The van der Waals surface area contributed by atoms with E-state index >= 15 is 0 Å². The Balaban J connectivity index is 0.000000231. The van der Waals surface area contributed by atoms with E-state index in [2.05, 4.69) is 215 Å². The maximum absolute atomic E-state index is 14.4. The molecule has 8 aliphatic rings. The molecule has 2 heterocycles. The van der Waals surface area contributed by atoms with Crippen LogP contribution in [0.4, 0.5) is 0 Å². The zero-order valence-electron chi connectivity index (χ0n) is 53.3. The minimum atomic E-state index is -2.77. The number of rotatable bonds is 9. The van der Waals surface area contributed by atoms with E-state index in [1.165, 1.54) is 55.2 Å². The molecular weight excluding hydrogens is 1760 g/mol. The summed E-state index contributed by atoms with van der Waals surface area (Å²) in [7, 11) is -6.48. The third kappa shape index (κ3) is 16.7. The second-order valence-electron chi connectivity index (χ2n) is 29.2. The first-order valence-electron chi connectivity index (χ1n) is 30.7. The Kier molecular flexibility index (Phi) is 27.8. The van der Waals surface area contributed by atoms with Gasteiger partial charge in [0, 0.05) is 77.2 Å².